The molecule has 0 aliphatic carbocycles. The van der Waals surface area contributed by atoms with E-state index in [1.807, 2.05) is 44.6 Å². The van der Waals surface area contributed by atoms with Gasteiger partial charge in [0.05, 0.1) is 5.69 Å². The van der Waals surface area contributed by atoms with E-state index in [1.54, 1.807) is 6.07 Å². The first kappa shape index (κ1) is 14.2. The summed E-state index contributed by atoms with van der Waals surface area (Å²) in [7, 11) is 1.92. The van der Waals surface area contributed by atoms with Crippen LogP contribution in [-0.4, -0.2) is 20.7 Å². The van der Waals surface area contributed by atoms with Crippen LogP contribution in [0.4, 0.5) is 5.82 Å². The maximum atomic E-state index is 11.9. The van der Waals surface area contributed by atoms with Crippen molar-refractivity contribution in [3.8, 4) is 0 Å². The van der Waals surface area contributed by atoms with Gasteiger partial charge >= 0.3 is 0 Å². The second kappa shape index (κ2) is 5.86. The molecule has 0 bridgehead atoms. The number of amides is 1. The molecule has 0 aliphatic rings. The zero-order valence-corrected chi connectivity index (χ0v) is 12.4. The number of hydrogen-bond donors (Lipinski definition) is 1. The number of carbonyl (C=O) groups excluding carboxylic acids is 1. The third-order valence-corrected chi connectivity index (χ3v) is 3.42. The average molecular weight is 272 g/mol. The molecular formula is C15H20N4O. The fraction of sp³-hybridized carbons (Fsp3) is 0.400. The Hall–Kier alpha value is -2.17. The van der Waals surface area contributed by atoms with Crippen molar-refractivity contribution in [1.82, 2.24) is 14.8 Å². The second-order valence-electron chi connectivity index (χ2n) is 4.99. The van der Waals surface area contributed by atoms with Crippen LogP contribution in [0.3, 0.4) is 0 Å². The van der Waals surface area contributed by atoms with Crippen LogP contribution >= 0.6 is 0 Å². The van der Waals surface area contributed by atoms with E-state index in [0.717, 1.165) is 22.6 Å². The van der Waals surface area contributed by atoms with Crippen molar-refractivity contribution in [2.45, 2.75) is 33.6 Å². The number of nitrogens with zero attached hydrogens (tertiary/aromatic N) is 3. The van der Waals surface area contributed by atoms with Crippen LogP contribution in [0.1, 0.15) is 29.1 Å². The minimum atomic E-state index is -0.0225. The van der Waals surface area contributed by atoms with Gasteiger partial charge in [0.25, 0.3) is 0 Å². The highest BCUT2D eigenvalue weighted by Gasteiger charge is 2.11. The Morgan fingerprint density at radius 1 is 1.30 bits per heavy atom. The van der Waals surface area contributed by atoms with E-state index in [2.05, 4.69) is 15.4 Å². The zero-order valence-electron chi connectivity index (χ0n) is 12.4. The van der Waals surface area contributed by atoms with Gasteiger partial charge in [0.2, 0.25) is 5.91 Å². The molecule has 106 valence electrons. The predicted octanol–water partition coefficient (Wildman–Crippen LogP) is 2.31. The van der Waals surface area contributed by atoms with E-state index < -0.39 is 0 Å². The van der Waals surface area contributed by atoms with Gasteiger partial charge in [-0.25, -0.2) is 4.98 Å². The van der Waals surface area contributed by atoms with Gasteiger partial charge in [-0.3, -0.25) is 9.48 Å². The number of aromatic nitrogens is 3. The van der Waals surface area contributed by atoms with E-state index in [9.17, 15) is 4.79 Å². The predicted molar refractivity (Wildman–Crippen MR) is 78.6 cm³/mol. The number of hydrogen-bond acceptors (Lipinski definition) is 3. The molecule has 5 nitrogen and oxygen atoms in total. The third kappa shape index (κ3) is 3.23. The summed E-state index contributed by atoms with van der Waals surface area (Å²) in [5, 5.41) is 7.18. The van der Waals surface area contributed by atoms with Crippen molar-refractivity contribution in [2.24, 2.45) is 7.05 Å². The number of pyridine rings is 1. The number of carbonyl (C=O) groups is 1. The van der Waals surface area contributed by atoms with Gasteiger partial charge in [-0.1, -0.05) is 6.07 Å². The third-order valence-electron chi connectivity index (χ3n) is 3.42. The van der Waals surface area contributed by atoms with Crippen molar-refractivity contribution >= 4 is 11.7 Å². The lowest BCUT2D eigenvalue weighted by molar-refractivity contribution is -0.116. The molecule has 5 heteroatoms. The standard InChI is InChI=1S/C15H20N4O/c1-10-6-5-7-14(16-10)17-15(20)9-8-13-11(2)18-19(4)12(13)3/h5-7H,8-9H2,1-4H3,(H,16,17,20). The summed E-state index contributed by atoms with van der Waals surface area (Å²) in [5.41, 5.74) is 4.15. The second-order valence-corrected chi connectivity index (χ2v) is 4.99. The Kier molecular flexibility index (Phi) is 4.17. The Bertz CT molecular complexity index is 631. The largest absolute Gasteiger partial charge is 0.311 e. The van der Waals surface area contributed by atoms with E-state index >= 15 is 0 Å². The van der Waals surface area contributed by atoms with E-state index in [4.69, 9.17) is 0 Å². The maximum absolute atomic E-state index is 11.9. The summed E-state index contributed by atoms with van der Waals surface area (Å²) in [6, 6.07) is 5.58. The molecule has 2 aromatic heterocycles. The molecule has 0 saturated carbocycles. The molecule has 0 aromatic carbocycles. The average Bonchev–Trinajstić information content (AvgIpc) is 2.61. The summed E-state index contributed by atoms with van der Waals surface area (Å²) in [6.45, 7) is 5.90. The van der Waals surface area contributed by atoms with E-state index in [-0.39, 0.29) is 5.91 Å². The van der Waals surface area contributed by atoms with Crippen LogP contribution in [-0.2, 0) is 18.3 Å². The first-order chi connectivity index (χ1) is 9.47. The highest BCUT2D eigenvalue weighted by atomic mass is 16.1. The zero-order chi connectivity index (χ0) is 14.7. The SMILES string of the molecule is Cc1cccc(NC(=O)CCc2c(C)nn(C)c2C)n1. The van der Waals surface area contributed by atoms with E-state index in [1.165, 1.54) is 0 Å². The van der Waals surface area contributed by atoms with Crippen molar-refractivity contribution < 1.29 is 4.79 Å². The number of nitrogens with one attached hydrogen (secondary N) is 1. The van der Waals surface area contributed by atoms with Gasteiger partial charge in [-0.05, 0) is 44.9 Å². The van der Waals surface area contributed by atoms with Gasteiger partial charge in [-0.15, -0.1) is 0 Å². The molecule has 2 aromatic rings. The Morgan fingerprint density at radius 3 is 2.65 bits per heavy atom. The molecule has 2 rings (SSSR count). The van der Waals surface area contributed by atoms with Gasteiger partial charge in [0, 0.05) is 24.9 Å². The minimum Gasteiger partial charge on any atom is -0.311 e. The van der Waals surface area contributed by atoms with E-state index in [0.29, 0.717) is 18.7 Å². The number of rotatable bonds is 4. The van der Waals surface area contributed by atoms with Crippen LogP contribution in [0.2, 0.25) is 0 Å². The molecule has 20 heavy (non-hydrogen) atoms. The Labute approximate surface area is 119 Å². The molecule has 0 saturated heterocycles. The quantitative estimate of drug-likeness (QED) is 0.929. The van der Waals surface area contributed by atoms with Gasteiger partial charge < -0.3 is 5.32 Å². The fourth-order valence-electron chi connectivity index (χ4n) is 2.24. The highest BCUT2D eigenvalue weighted by molar-refractivity contribution is 5.89. The van der Waals surface area contributed by atoms with Crippen molar-refractivity contribution in [3.63, 3.8) is 0 Å². The topological polar surface area (TPSA) is 59.8 Å². The number of aryl methyl sites for hydroxylation is 3. The van der Waals surface area contributed by atoms with Crippen LogP contribution < -0.4 is 5.32 Å². The molecule has 1 amide bonds. The molecule has 0 atom stereocenters. The Morgan fingerprint density at radius 2 is 2.05 bits per heavy atom. The van der Waals surface area contributed by atoms with Crippen molar-refractivity contribution in [1.29, 1.82) is 0 Å². The van der Waals surface area contributed by atoms with Gasteiger partial charge in [-0.2, -0.15) is 5.10 Å². The number of anilines is 1. The molecule has 0 aliphatic heterocycles. The fourth-order valence-corrected chi connectivity index (χ4v) is 2.24. The highest BCUT2D eigenvalue weighted by Crippen LogP contribution is 2.14. The lowest BCUT2D eigenvalue weighted by Crippen LogP contribution is -2.14. The lowest BCUT2D eigenvalue weighted by Gasteiger charge is -2.05. The summed E-state index contributed by atoms with van der Waals surface area (Å²) in [4.78, 5) is 16.2. The maximum Gasteiger partial charge on any atom is 0.225 e. The first-order valence-electron chi connectivity index (χ1n) is 6.70. The molecule has 2 heterocycles. The molecular weight excluding hydrogens is 252 g/mol. The Balaban J connectivity index is 1.96. The molecule has 0 radical (unpaired) electrons. The minimum absolute atomic E-state index is 0.0225. The summed E-state index contributed by atoms with van der Waals surface area (Å²) >= 11 is 0. The first-order valence-corrected chi connectivity index (χ1v) is 6.70. The van der Waals surface area contributed by atoms with Gasteiger partial charge in [0.15, 0.2) is 0 Å². The molecule has 0 unspecified atom stereocenters. The summed E-state index contributed by atoms with van der Waals surface area (Å²) < 4.78 is 1.85. The normalized spacial score (nSPS) is 10.6. The van der Waals surface area contributed by atoms with Crippen molar-refractivity contribution in [2.75, 3.05) is 5.32 Å². The molecule has 0 fully saturated rings. The van der Waals surface area contributed by atoms with Crippen LogP contribution in [0.5, 0.6) is 0 Å². The van der Waals surface area contributed by atoms with Crippen LogP contribution in [0.25, 0.3) is 0 Å². The smallest absolute Gasteiger partial charge is 0.225 e. The van der Waals surface area contributed by atoms with Crippen LogP contribution in [0, 0.1) is 20.8 Å². The molecule has 0 spiro atoms. The van der Waals surface area contributed by atoms with Crippen molar-refractivity contribution in [3.05, 3.63) is 40.8 Å². The summed E-state index contributed by atoms with van der Waals surface area (Å²) in [5.74, 6) is 0.584. The van der Waals surface area contributed by atoms with Crippen LogP contribution in [0.15, 0.2) is 18.2 Å². The summed E-state index contributed by atoms with van der Waals surface area (Å²) in [6.07, 6.45) is 1.13. The lowest BCUT2D eigenvalue weighted by atomic mass is 10.1. The molecule has 1 N–H and O–H groups in total. The van der Waals surface area contributed by atoms with Gasteiger partial charge in [0.1, 0.15) is 5.82 Å². The monoisotopic (exact) mass is 272 g/mol.